The van der Waals surface area contributed by atoms with E-state index < -0.39 is 17.1 Å². The van der Waals surface area contributed by atoms with E-state index in [-0.39, 0.29) is 11.5 Å². The van der Waals surface area contributed by atoms with Gasteiger partial charge >= 0.3 is 0 Å². The van der Waals surface area contributed by atoms with Crippen LogP contribution < -0.4 is 10.9 Å². The summed E-state index contributed by atoms with van der Waals surface area (Å²) in [7, 11) is 1.55. The highest BCUT2D eigenvalue weighted by Gasteiger charge is 2.14. The number of methoxy groups -OCH3 is 1. The number of amides is 1. The maximum Gasteiger partial charge on any atom is 0.263 e. The van der Waals surface area contributed by atoms with E-state index in [0.717, 1.165) is 0 Å². The topological polar surface area (TPSA) is 108 Å². The van der Waals surface area contributed by atoms with Crippen molar-refractivity contribution in [1.29, 1.82) is 0 Å². The predicted octanol–water partition coefficient (Wildman–Crippen LogP) is 2.00. The Kier molecular flexibility index (Phi) is 6.85. The van der Waals surface area contributed by atoms with Crippen LogP contribution in [0.25, 0.3) is 12.2 Å². The molecule has 1 heterocycles. The Morgan fingerprint density at radius 1 is 1.30 bits per heavy atom. The number of aromatic amines is 1. The largest absolute Gasteiger partial charge is 0.507 e. The monoisotopic (exact) mass is 368 g/mol. The summed E-state index contributed by atoms with van der Waals surface area (Å²) >= 11 is 0. The average molecular weight is 368 g/mol. The molecule has 0 saturated carbocycles. The summed E-state index contributed by atoms with van der Waals surface area (Å²) in [5, 5.41) is 12.6. The molecule has 2 rings (SSSR count). The maximum atomic E-state index is 12.2. The van der Waals surface area contributed by atoms with Crippen molar-refractivity contribution in [3.8, 4) is 5.75 Å². The van der Waals surface area contributed by atoms with E-state index in [1.54, 1.807) is 31.4 Å². The molecule has 0 aliphatic heterocycles. The minimum absolute atomic E-state index is 0.225. The molecule has 0 radical (unpaired) electrons. The number of allylic oxidation sites excluding steroid dienone is 1. The highest BCUT2D eigenvalue weighted by Crippen LogP contribution is 2.15. The van der Waals surface area contributed by atoms with E-state index in [1.807, 2.05) is 0 Å². The summed E-state index contributed by atoms with van der Waals surface area (Å²) in [6.07, 6.45) is 4.04. The number of aromatic nitrogens is 1. The zero-order chi connectivity index (χ0) is 19.8. The lowest BCUT2D eigenvalue weighted by atomic mass is 10.1. The van der Waals surface area contributed by atoms with Crippen molar-refractivity contribution in [2.45, 2.75) is 0 Å². The molecule has 0 saturated heterocycles. The number of carbonyl (C=O) groups excluding carboxylic acids is 2. The Balaban J connectivity index is 2.10. The fraction of sp³-hybridized carbons (Fsp3) is 0.150. The Morgan fingerprint density at radius 3 is 2.59 bits per heavy atom. The minimum Gasteiger partial charge on any atom is -0.507 e. The van der Waals surface area contributed by atoms with Crippen LogP contribution in [0.5, 0.6) is 5.75 Å². The van der Waals surface area contributed by atoms with Crippen LogP contribution in [0.4, 0.5) is 0 Å². The third-order valence-electron chi connectivity index (χ3n) is 3.69. The lowest BCUT2D eigenvalue weighted by molar-refractivity contribution is 0.0936. The Bertz CT molecular complexity index is 926. The molecule has 0 atom stereocenters. The molecule has 7 nitrogen and oxygen atoms in total. The van der Waals surface area contributed by atoms with Crippen LogP contribution >= 0.6 is 0 Å². The second-order valence-corrected chi connectivity index (χ2v) is 5.59. The van der Waals surface area contributed by atoms with Crippen LogP contribution in [-0.4, -0.2) is 42.0 Å². The SMILES string of the molecule is C=Cc1cc(O)c(C(=O)/C=C/c2ccc(C(=O)NCCOC)cc2)c(=O)[nH]1. The zero-order valence-corrected chi connectivity index (χ0v) is 14.8. The maximum absolute atomic E-state index is 12.2. The van der Waals surface area contributed by atoms with Gasteiger partial charge in [-0.25, -0.2) is 0 Å². The van der Waals surface area contributed by atoms with E-state index in [4.69, 9.17) is 4.74 Å². The fourth-order valence-electron chi connectivity index (χ4n) is 2.28. The molecule has 0 unspecified atom stereocenters. The normalized spacial score (nSPS) is 10.7. The van der Waals surface area contributed by atoms with E-state index in [1.165, 1.54) is 24.3 Å². The number of ketones is 1. The highest BCUT2D eigenvalue weighted by molar-refractivity contribution is 6.08. The van der Waals surface area contributed by atoms with E-state index in [2.05, 4.69) is 16.9 Å². The number of benzene rings is 1. The number of hydrogen-bond acceptors (Lipinski definition) is 5. The van der Waals surface area contributed by atoms with Crippen LogP contribution in [-0.2, 0) is 4.74 Å². The number of hydrogen-bond donors (Lipinski definition) is 3. The summed E-state index contributed by atoms with van der Waals surface area (Å²) in [6.45, 7) is 4.32. The number of rotatable bonds is 8. The van der Waals surface area contributed by atoms with Gasteiger partial charge in [0.05, 0.1) is 6.61 Å². The molecule has 0 spiro atoms. The summed E-state index contributed by atoms with van der Waals surface area (Å²) in [5.41, 5.74) is 0.421. The van der Waals surface area contributed by atoms with Gasteiger partial charge in [-0.15, -0.1) is 0 Å². The Hall–Kier alpha value is -3.45. The molecule has 27 heavy (non-hydrogen) atoms. The van der Waals surface area contributed by atoms with Crippen LogP contribution in [0.1, 0.15) is 32.0 Å². The van der Waals surface area contributed by atoms with Crippen LogP contribution in [0.2, 0.25) is 0 Å². The first-order chi connectivity index (χ1) is 13.0. The molecule has 0 aliphatic rings. The highest BCUT2D eigenvalue weighted by atomic mass is 16.5. The second kappa shape index (κ2) is 9.30. The second-order valence-electron chi connectivity index (χ2n) is 5.59. The first-order valence-corrected chi connectivity index (χ1v) is 8.14. The van der Waals surface area contributed by atoms with Crippen LogP contribution in [0.15, 0.2) is 47.8 Å². The third kappa shape index (κ3) is 5.26. The number of H-pyrrole nitrogens is 1. The van der Waals surface area contributed by atoms with Crippen molar-refractivity contribution in [3.05, 3.63) is 75.7 Å². The predicted molar refractivity (Wildman–Crippen MR) is 103 cm³/mol. The van der Waals surface area contributed by atoms with E-state index in [9.17, 15) is 19.5 Å². The van der Waals surface area contributed by atoms with Gasteiger partial charge in [0.1, 0.15) is 11.3 Å². The molecule has 1 amide bonds. The molecule has 2 aromatic rings. The molecule has 0 fully saturated rings. The summed E-state index contributed by atoms with van der Waals surface area (Å²) < 4.78 is 4.86. The molecule has 0 bridgehead atoms. The number of aromatic hydroxyl groups is 1. The van der Waals surface area contributed by atoms with Gasteiger partial charge in [0.25, 0.3) is 11.5 Å². The van der Waals surface area contributed by atoms with Gasteiger partial charge in [-0.05, 0) is 29.8 Å². The number of nitrogens with one attached hydrogen (secondary N) is 2. The van der Waals surface area contributed by atoms with Gasteiger partial charge in [0.2, 0.25) is 0 Å². The average Bonchev–Trinajstić information content (AvgIpc) is 2.66. The summed E-state index contributed by atoms with van der Waals surface area (Å²) in [4.78, 5) is 38.5. The number of carbonyl (C=O) groups is 2. The molecule has 140 valence electrons. The van der Waals surface area contributed by atoms with Crippen LogP contribution in [0.3, 0.4) is 0 Å². The Labute approximate surface area is 156 Å². The van der Waals surface area contributed by atoms with Crippen molar-refractivity contribution < 1.29 is 19.4 Å². The molecule has 1 aromatic heterocycles. The third-order valence-corrected chi connectivity index (χ3v) is 3.69. The van der Waals surface area contributed by atoms with Crippen molar-refractivity contribution in [2.24, 2.45) is 0 Å². The standard InChI is InChI=1S/C20H20N2O5/c1-3-15-12-17(24)18(20(26)22-15)16(23)9-6-13-4-7-14(8-5-13)19(25)21-10-11-27-2/h3-9,12H,1,10-11H2,2H3,(H,21,25)(H2,22,24,26)/b9-6+. The van der Waals surface area contributed by atoms with Crippen LogP contribution in [0, 0.1) is 0 Å². The van der Waals surface area contributed by atoms with Gasteiger partial charge in [0, 0.05) is 31.0 Å². The lowest BCUT2D eigenvalue weighted by Gasteiger charge is -2.04. The molecule has 3 N–H and O–H groups in total. The van der Waals surface area contributed by atoms with E-state index >= 15 is 0 Å². The zero-order valence-electron chi connectivity index (χ0n) is 14.8. The number of ether oxygens (including phenoxy) is 1. The van der Waals surface area contributed by atoms with Crippen molar-refractivity contribution in [2.75, 3.05) is 20.3 Å². The van der Waals surface area contributed by atoms with E-state index in [0.29, 0.717) is 30.0 Å². The van der Waals surface area contributed by atoms with Crippen molar-refractivity contribution >= 4 is 23.8 Å². The van der Waals surface area contributed by atoms with Crippen molar-refractivity contribution in [1.82, 2.24) is 10.3 Å². The summed E-state index contributed by atoms with van der Waals surface area (Å²) in [6, 6.07) is 7.83. The first-order valence-electron chi connectivity index (χ1n) is 8.14. The smallest absolute Gasteiger partial charge is 0.263 e. The summed E-state index contributed by atoms with van der Waals surface area (Å²) in [5.74, 6) is -1.27. The fourth-order valence-corrected chi connectivity index (χ4v) is 2.28. The molecule has 7 heteroatoms. The van der Waals surface area contributed by atoms with Crippen molar-refractivity contribution in [3.63, 3.8) is 0 Å². The lowest BCUT2D eigenvalue weighted by Crippen LogP contribution is -2.26. The molecule has 0 aliphatic carbocycles. The van der Waals surface area contributed by atoms with Gasteiger partial charge in [-0.3, -0.25) is 14.4 Å². The van der Waals surface area contributed by atoms with Gasteiger partial charge < -0.3 is 20.1 Å². The van der Waals surface area contributed by atoms with Gasteiger partial charge in [-0.1, -0.05) is 24.8 Å². The van der Waals surface area contributed by atoms with Gasteiger partial charge in [0.15, 0.2) is 5.78 Å². The van der Waals surface area contributed by atoms with Gasteiger partial charge in [-0.2, -0.15) is 0 Å². The molecular weight excluding hydrogens is 348 g/mol. The molecule has 1 aromatic carbocycles. The minimum atomic E-state index is -0.692. The first kappa shape index (κ1) is 19.9. The quantitative estimate of drug-likeness (QED) is 0.375. The molecular formula is C20H20N2O5. The number of pyridine rings is 1. The Morgan fingerprint density at radius 2 is 2.00 bits per heavy atom.